The minimum absolute atomic E-state index is 0.0917. The summed E-state index contributed by atoms with van der Waals surface area (Å²) < 4.78 is 38.7. The summed E-state index contributed by atoms with van der Waals surface area (Å²) in [7, 11) is 0. The van der Waals surface area contributed by atoms with Crippen LogP contribution in [0.5, 0.6) is 0 Å². The maximum Gasteiger partial charge on any atom is 0.417 e. The van der Waals surface area contributed by atoms with Crippen LogP contribution in [0.25, 0.3) is 11.3 Å². The molecule has 0 saturated carbocycles. The van der Waals surface area contributed by atoms with Crippen LogP contribution in [0.1, 0.15) is 18.2 Å². The molecule has 6 heteroatoms. The normalized spacial score (nSPS) is 11.8. The van der Waals surface area contributed by atoms with E-state index < -0.39 is 11.7 Å². The first-order valence-corrected chi connectivity index (χ1v) is 5.94. The summed E-state index contributed by atoms with van der Waals surface area (Å²) in [4.78, 5) is 0. The zero-order valence-corrected chi connectivity index (χ0v) is 10.4. The molecule has 0 aliphatic rings. The van der Waals surface area contributed by atoms with Gasteiger partial charge in [0.15, 0.2) is 0 Å². The Kier molecular flexibility index (Phi) is 3.90. The molecule has 0 spiro atoms. The highest BCUT2D eigenvalue weighted by atomic mass is 19.4. The predicted molar refractivity (Wildman–Crippen MR) is 66.4 cm³/mol. The van der Waals surface area contributed by atoms with Crippen LogP contribution in [0.4, 0.5) is 13.2 Å². The van der Waals surface area contributed by atoms with Crippen LogP contribution in [0, 0.1) is 0 Å². The summed E-state index contributed by atoms with van der Waals surface area (Å²) in [6, 6.07) is 7.07. The van der Waals surface area contributed by atoms with Crippen LogP contribution in [-0.2, 0) is 12.7 Å². The molecule has 0 unspecified atom stereocenters. The SMILES string of the molecule is CCNCc1cc(-c2ccccc2C(F)(F)F)n[nH]1. The van der Waals surface area contributed by atoms with Crippen LogP contribution in [0.15, 0.2) is 30.3 Å². The Morgan fingerprint density at radius 2 is 2.00 bits per heavy atom. The molecule has 19 heavy (non-hydrogen) atoms. The van der Waals surface area contributed by atoms with Gasteiger partial charge in [-0.3, -0.25) is 5.10 Å². The molecular formula is C13H14F3N3. The van der Waals surface area contributed by atoms with E-state index in [-0.39, 0.29) is 5.56 Å². The minimum atomic E-state index is -4.38. The van der Waals surface area contributed by atoms with Crippen molar-refractivity contribution in [2.45, 2.75) is 19.6 Å². The molecule has 2 N–H and O–H groups in total. The number of nitrogens with zero attached hydrogens (tertiary/aromatic N) is 1. The van der Waals surface area contributed by atoms with Gasteiger partial charge in [0.05, 0.1) is 11.3 Å². The number of H-pyrrole nitrogens is 1. The molecule has 0 saturated heterocycles. The average molecular weight is 269 g/mol. The van der Waals surface area contributed by atoms with Crippen molar-refractivity contribution in [1.82, 2.24) is 15.5 Å². The maximum absolute atomic E-state index is 12.9. The molecule has 3 nitrogen and oxygen atoms in total. The van der Waals surface area contributed by atoms with Gasteiger partial charge in [-0.1, -0.05) is 25.1 Å². The van der Waals surface area contributed by atoms with E-state index in [1.807, 2.05) is 6.92 Å². The number of hydrogen-bond donors (Lipinski definition) is 2. The Labute approximate surface area is 108 Å². The molecule has 2 rings (SSSR count). The summed E-state index contributed by atoms with van der Waals surface area (Å²) >= 11 is 0. The molecule has 1 aromatic heterocycles. The van der Waals surface area contributed by atoms with Crippen molar-refractivity contribution in [3.8, 4) is 11.3 Å². The van der Waals surface area contributed by atoms with Crippen LogP contribution in [0.2, 0.25) is 0 Å². The first-order chi connectivity index (χ1) is 9.02. The molecule has 0 aliphatic heterocycles. The number of nitrogens with one attached hydrogen (secondary N) is 2. The number of rotatable bonds is 4. The lowest BCUT2D eigenvalue weighted by Gasteiger charge is -2.10. The van der Waals surface area contributed by atoms with Gasteiger partial charge in [-0.2, -0.15) is 18.3 Å². The molecule has 2 aromatic rings. The number of benzene rings is 1. The monoisotopic (exact) mass is 269 g/mol. The standard InChI is InChI=1S/C13H14F3N3/c1-2-17-8-9-7-12(19-18-9)10-5-3-4-6-11(10)13(14,15)16/h3-7,17H,2,8H2,1H3,(H,18,19). The van der Waals surface area contributed by atoms with Crippen molar-refractivity contribution < 1.29 is 13.2 Å². The first kappa shape index (κ1) is 13.6. The molecule has 102 valence electrons. The van der Waals surface area contributed by atoms with E-state index in [0.29, 0.717) is 12.2 Å². The van der Waals surface area contributed by atoms with E-state index >= 15 is 0 Å². The largest absolute Gasteiger partial charge is 0.417 e. The van der Waals surface area contributed by atoms with Gasteiger partial charge in [-0.05, 0) is 18.7 Å². The summed E-state index contributed by atoms with van der Waals surface area (Å²) in [5.41, 5.74) is 0.486. The van der Waals surface area contributed by atoms with E-state index in [4.69, 9.17) is 0 Å². The van der Waals surface area contributed by atoms with Crippen LogP contribution in [-0.4, -0.2) is 16.7 Å². The Hall–Kier alpha value is -1.82. The molecule has 1 aromatic carbocycles. The Morgan fingerprint density at radius 1 is 1.26 bits per heavy atom. The lowest BCUT2D eigenvalue weighted by Crippen LogP contribution is -2.11. The molecule has 0 aliphatic carbocycles. The van der Waals surface area contributed by atoms with Gasteiger partial charge in [-0.15, -0.1) is 0 Å². The van der Waals surface area contributed by atoms with Crippen molar-refractivity contribution in [3.05, 3.63) is 41.6 Å². The Morgan fingerprint density at radius 3 is 2.68 bits per heavy atom. The molecule has 0 bridgehead atoms. The van der Waals surface area contributed by atoms with Crippen molar-refractivity contribution in [3.63, 3.8) is 0 Å². The van der Waals surface area contributed by atoms with Crippen molar-refractivity contribution in [2.75, 3.05) is 6.54 Å². The number of aromatic amines is 1. The Bertz CT molecular complexity index is 546. The number of hydrogen-bond acceptors (Lipinski definition) is 2. The predicted octanol–water partition coefficient (Wildman–Crippen LogP) is 3.21. The van der Waals surface area contributed by atoms with E-state index in [2.05, 4.69) is 15.5 Å². The van der Waals surface area contributed by atoms with E-state index in [0.717, 1.165) is 18.3 Å². The number of alkyl halides is 3. The van der Waals surface area contributed by atoms with Crippen LogP contribution >= 0.6 is 0 Å². The second kappa shape index (κ2) is 5.44. The molecule has 0 fully saturated rings. The van der Waals surface area contributed by atoms with Gasteiger partial charge in [0.2, 0.25) is 0 Å². The maximum atomic E-state index is 12.9. The van der Waals surface area contributed by atoms with E-state index in [1.165, 1.54) is 12.1 Å². The highest BCUT2D eigenvalue weighted by Gasteiger charge is 2.33. The van der Waals surface area contributed by atoms with E-state index in [9.17, 15) is 13.2 Å². The summed E-state index contributed by atoms with van der Waals surface area (Å²) in [6.07, 6.45) is -4.38. The van der Waals surface area contributed by atoms with Crippen molar-refractivity contribution >= 4 is 0 Å². The Balaban J connectivity index is 2.34. The fourth-order valence-electron chi connectivity index (χ4n) is 1.80. The summed E-state index contributed by atoms with van der Waals surface area (Å²) in [6.45, 7) is 3.29. The lowest BCUT2D eigenvalue weighted by molar-refractivity contribution is -0.137. The van der Waals surface area contributed by atoms with Gasteiger partial charge in [0.25, 0.3) is 0 Å². The molecular weight excluding hydrogens is 255 g/mol. The zero-order valence-electron chi connectivity index (χ0n) is 10.4. The van der Waals surface area contributed by atoms with Gasteiger partial charge in [0.1, 0.15) is 0 Å². The smallest absolute Gasteiger partial charge is 0.311 e. The topological polar surface area (TPSA) is 40.7 Å². The van der Waals surface area contributed by atoms with Gasteiger partial charge in [0, 0.05) is 17.8 Å². The zero-order chi connectivity index (χ0) is 13.9. The third kappa shape index (κ3) is 3.14. The minimum Gasteiger partial charge on any atom is -0.311 e. The van der Waals surface area contributed by atoms with Gasteiger partial charge in [-0.25, -0.2) is 0 Å². The van der Waals surface area contributed by atoms with Crippen molar-refractivity contribution in [2.24, 2.45) is 0 Å². The first-order valence-electron chi connectivity index (χ1n) is 5.94. The second-order valence-electron chi connectivity index (χ2n) is 4.10. The average Bonchev–Trinajstić information content (AvgIpc) is 2.84. The fraction of sp³-hybridized carbons (Fsp3) is 0.308. The third-order valence-electron chi connectivity index (χ3n) is 2.70. The lowest BCUT2D eigenvalue weighted by atomic mass is 10.0. The molecule has 0 amide bonds. The molecule has 0 radical (unpaired) electrons. The number of halogens is 3. The third-order valence-corrected chi connectivity index (χ3v) is 2.70. The second-order valence-corrected chi connectivity index (χ2v) is 4.10. The quantitative estimate of drug-likeness (QED) is 0.894. The number of aromatic nitrogens is 2. The van der Waals surface area contributed by atoms with Gasteiger partial charge < -0.3 is 5.32 Å². The van der Waals surface area contributed by atoms with Gasteiger partial charge >= 0.3 is 6.18 Å². The molecule has 0 atom stereocenters. The fourth-order valence-corrected chi connectivity index (χ4v) is 1.80. The highest BCUT2D eigenvalue weighted by molar-refractivity contribution is 5.64. The summed E-state index contributed by atoms with van der Waals surface area (Å²) in [5, 5.41) is 9.77. The van der Waals surface area contributed by atoms with Crippen LogP contribution < -0.4 is 5.32 Å². The van der Waals surface area contributed by atoms with Crippen LogP contribution in [0.3, 0.4) is 0 Å². The van der Waals surface area contributed by atoms with E-state index in [1.54, 1.807) is 12.1 Å². The summed E-state index contributed by atoms with van der Waals surface area (Å²) in [5.74, 6) is 0. The highest BCUT2D eigenvalue weighted by Crippen LogP contribution is 2.36. The van der Waals surface area contributed by atoms with Crippen molar-refractivity contribution in [1.29, 1.82) is 0 Å². The molecule has 1 heterocycles.